The molecule has 1 aliphatic heterocycles. The van der Waals surface area contributed by atoms with Gasteiger partial charge in [-0.2, -0.15) is 18.3 Å². The summed E-state index contributed by atoms with van der Waals surface area (Å²) in [5, 5.41) is 10.3. The Morgan fingerprint density at radius 3 is 2.96 bits per heavy atom. The van der Waals surface area contributed by atoms with E-state index in [1.165, 1.54) is 12.1 Å². The molecule has 0 saturated carbocycles. The molecule has 0 bridgehead atoms. The number of nitrogens with zero attached hydrogens (tertiary/aromatic N) is 2. The number of benzene rings is 1. The highest BCUT2D eigenvalue weighted by Crippen LogP contribution is 2.31. The molecule has 0 spiro atoms. The van der Waals surface area contributed by atoms with Crippen molar-refractivity contribution in [2.75, 3.05) is 26.2 Å². The van der Waals surface area contributed by atoms with Gasteiger partial charge in [0, 0.05) is 12.7 Å². The summed E-state index contributed by atoms with van der Waals surface area (Å²) in [7, 11) is 0. The molecule has 1 aliphatic rings. The molecule has 1 fully saturated rings. The molecule has 1 amide bonds. The highest BCUT2D eigenvalue weighted by molar-refractivity contribution is 5.92. The first kappa shape index (κ1) is 19.2. The number of piperidine rings is 1. The quantitative estimate of drug-likeness (QED) is 0.754. The zero-order valence-corrected chi connectivity index (χ0v) is 14.6. The van der Waals surface area contributed by atoms with E-state index in [1.807, 2.05) is 0 Å². The molecule has 6 nitrogen and oxygen atoms in total. The molecule has 1 saturated heterocycles. The second-order valence-corrected chi connectivity index (χ2v) is 6.31. The first-order valence-corrected chi connectivity index (χ1v) is 8.77. The number of carbonyl (C=O) groups is 1. The van der Waals surface area contributed by atoms with Gasteiger partial charge in [0.2, 0.25) is 0 Å². The van der Waals surface area contributed by atoms with Crippen LogP contribution in [-0.4, -0.2) is 41.9 Å². The second-order valence-electron chi connectivity index (χ2n) is 6.31. The number of alkyl halides is 3. The van der Waals surface area contributed by atoms with Gasteiger partial charge in [0.25, 0.3) is 5.91 Å². The molecule has 2 N–H and O–H groups in total. The Morgan fingerprint density at radius 1 is 1.37 bits per heavy atom. The van der Waals surface area contributed by atoms with Gasteiger partial charge in [0.05, 0.1) is 18.2 Å². The molecular formula is C18H21F3N4O2. The average molecular weight is 382 g/mol. The van der Waals surface area contributed by atoms with Gasteiger partial charge in [-0.25, -0.2) is 0 Å². The topological polar surface area (TPSA) is 68.2 Å². The number of ether oxygens (including phenoxy) is 1. The van der Waals surface area contributed by atoms with Gasteiger partial charge in [-0.15, -0.1) is 0 Å². The fourth-order valence-corrected chi connectivity index (χ4v) is 2.91. The van der Waals surface area contributed by atoms with Crippen LogP contribution in [0.25, 0.3) is 0 Å². The Morgan fingerprint density at radius 2 is 2.22 bits per heavy atom. The van der Waals surface area contributed by atoms with Gasteiger partial charge in [-0.3, -0.25) is 9.48 Å². The van der Waals surface area contributed by atoms with Crippen LogP contribution in [0.1, 0.15) is 34.9 Å². The molecule has 2 aromatic rings. The summed E-state index contributed by atoms with van der Waals surface area (Å²) in [5.74, 6) is -0.238. The number of aromatic nitrogens is 2. The fourth-order valence-electron chi connectivity index (χ4n) is 2.91. The molecule has 0 aliphatic carbocycles. The summed E-state index contributed by atoms with van der Waals surface area (Å²) >= 11 is 0. The van der Waals surface area contributed by atoms with Crippen LogP contribution in [0.3, 0.4) is 0 Å². The van der Waals surface area contributed by atoms with Crippen molar-refractivity contribution < 1.29 is 22.7 Å². The van der Waals surface area contributed by atoms with Crippen LogP contribution in [-0.2, 0) is 6.18 Å². The van der Waals surface area contributed by atoms with E-state index >= 15 is 0 Å². The third kappa shape index (κ3) is 5.22. The zero-order chi connectivity index (χ0) is 19.3. The first-order chi connectivity index (χ1) is 12.9. The second kappa shape index (κ2) is 8.43. The Hall–Kier alpha value is -2.55. The van der Waals surface area contributed by atoms with Crippen LogP contribution in [0, 0.1) is 0 Å². The Labute approximate surface area is 154 Å². The minimum Gasteiger partial charge on any atom is -0.492 e. The van der Waals surface area contributed by atoms with Crippen molar-refractivity contribution in [3.8, 4) is 5.75 Å². The number of halogens is 3. The van der Waals surface area contributed by atoms with E-state index in [4.69, 9.17) is 4.74 Å². The van der Waals surface area contributed by atoms with Crippen molar-refractivity contribution in [2.24, 2.45) is 0 Å². The molecule has 146 valence electrons. The van der Waals surface area contributed by atoms with Gasteiger partial charge in [-0.1, -0.05) is 6.07 Å². The number of carbonyl (C=O) groups excluding carboxylic acids is 1. The van der Waals surface area contributed by atoms with Crippen molar-refractivity contribution in [1.82, 2.24) is 20.4 Å². The van der Waals surface area contributed by atoms with Crippen LogP contribution in [0.2, 0.25) is 0 Å². The van der Waals surface area contributed by atoms with Crippen molar-refractivity contribution in [2.45, 2.75) is 25.1 Å². The van der Waals surface area contributed by atoms with Crippen molar-refractivity contribution in [3.63, 3.8) is 0 Å². The van der Waals surface area contributed by atoms with Gasteiger partial charge in [0.1, 0.15) is 18.1 Å². The molecule has 1 aromatic heterocycles. The molecule has 3 rings (SSSR count). The Bertz CT molecular complexity index is 770. The van der Waals surface area contributed by atoms with E-state index in [9.17, 15) is 18.0 Å². The molecule has 27 heavy (non-hydrogen) atoms. The third-order valence-corrected chi connectivity index (χ3v) is 4.30. The van der Waals surface area contributed by atoms with E-state index in [1.54, 1.807) is 16.9 Å². The van der Waals surface area contributed by atoms with E-state index in [2.05, 4.69) is 15.7 Å². The highest BCUT2D eigenvalue weighted by atomic mass is 19.4. The maximum Gasteiger partial charge on any atom is 0.416 e. The van der Waals surface area contributed by atoms with Gasteiger partial charge >= 0.3 is 6.18 Å². The highest BCUT2D eigenvalue weighted by Gasteiger charge is 2.30. The molecule has 1 aromatic carbocycles. The number of hydrogen-bond donors (Lipinski definition) is 2. The normalized spacial score (nSPS) is 17.5. The van der Waals surface area contributed by atoms with Crippen LogP contribution in [0.4, 0.5) is 13.2 Å². The number of hydrogen-bond acceptors (Lipinski definition) is 4. The smallest absolute Gasteiger partial charge is 0.416 e. The number of nitrogens with one attached hydrogen (secondary N) is 2. The lowest BCUT2D eigenvalue weighted by molar-refractivity contribution is -0.137. The van der Waals surface area contributed by atoms with Crippen LogP contribution in [0.15, 0.2) is 36.5 Å². The molecule has 1 atom stereocenters. The van der Waals surface area contributed by atoms with E-state index in [0.29, 0.717) is 5.69 Å². The van der Waals surface area contributed by atoms with E-state index in [0.717, 1.165) is 38.1 Å². The standard InChI is InChI=1S/C18H21F3N4O2/c19-18(20,21)13-3-1-5-15(11-13)27-10-8-23-17(26)16-6-9-25(24-16)14-4-2-7-22-12-14/h1,3,5-6,9,11,14,22H,2,4,7-8,10,12H2,(H,23,26). The number of amides is 1. The fraction of sp³-hybridized carbons (Fsp3) is 0.444. The van der Waals surface area contributed by atoms with Crippen molar-refractivity contribution in [1.29, 1.82) is 0 Å². The molecule has 9 heteroatoms. The molecule has 0 radical (unpaired) electrons. The molecule has 2 heterocycles. The third-order valence-electron chi connectivity index (χ3n) is 4.30. The van der Waals surface area contributed by atoms with Crippen LogP contribution >= 0.6 is 0 Å². The monoisotopic (exact) mass is 382 g/mol. The summed E-state index contributed by atoms with van der Waals surface area (Å²) in [5.41, 5.74) is -0.466. The minimum atomic E-state index is -4.42. The lowest BCUT2D eigenvalue weighted by atomic mass is 10.1. The summed E-state index contributed by atoms with van der Waals surface area (Å²) < 4.78 is 45.1. The summed E-state index contributed by atoms with van der Waals surface area (Å²) in [4.78, 5) is 12.1. The summed E-state index contributed by atoms with van der Waals surface area (Å²) in [6.45, 7) is 2.04. The predicted octanol–water partition coefficient (Wildman–Crippen LogP) is 2.64. The van der Waals surface area contributed by atoms with Gasteiger partial charge in [0.15, 0.2) is 0 Å². The maximum absolute atomic E-state index is 12.7. The Kier molecular flexibility index (Phi) is 6.00. The van der Waals surface area contributed by atoms with E-state index in [-0.39, 0.29) is 30.9 Å². The lowest BCUT2D eigenvalue weighted by Crippen LogP contribution is -2.32. The summed E-state index contributed by atoms with van der Waals surface area (Å²) in [6, 6.07) is 6.52. The zero-order valence-electron chi connectivity index (χ0n) is 14.6. The molecular weight excluding hydrogens is 361 g/mol. The van der Waals surface area contributed by atoms with E-state index < -0.39 is 11.7 Å². The maximum atomic E-state index is 12.7. The van der Waals surface area contributed by atoms with Crippen LogP contribution < -0.4 is 15.4 Å². The predicted molar refractivity (Wildman–Crippen MR) is 92.6 cm³/mol. The minimum absolute atomic E-state index is 0.0559. The van der Waals surface area contributed by atoms with Gasteiger partial charge in [-0.05, 0) is 43.7 Å². The molecule has 1 unspecified atom stereocenters. The van der Waals surface area contributed by atoms with Crippen LogP contribution in [0.5, 0.6) is 5.75 Å². The van der Waals surface area contributed by atoms with Gasteiger partial charge < -0.3 is 15.4 Å². The lowest BCUT2D eigenvalue weighted by Gasteiger charge is -2.22. The van der Waals surface area contributed by atoms with Crippen molar-refractivity contribution >= 4 is 5.91 Å². The van der Waals surface area contributed by atoms with Crippen molar-refractivity contribution in [3.05, 3.63) is 47.8 Å². The SMILES string of the molecule is O=C(NCCOc1cccc(C(F)(F)F)c1)c1ccn(C2CCCNC2)n1. The first-order valence-electron chi connectivity index (χ1n) is 8.77. The average Bonchev–Trinajstić information content (AvgIpc) is 3.16. The Balaban J connectivity index is 1.45. The largest absolute Gasteiger partial charge is 0.492 e. The number of rotatable bonds is 6. The summed E-state index contributed by atoms with van der Waals surface area (Å²) in [6.07, 6.45) is -0.550.